The van der Waals surface area contributed by atoms with Crippen LogP contribution in [0, 0.1) is 0 Å². The van der Waals surface area contributed by atoms with Crippen LogP contribution in [-0.4, -0.2) is 0 Å². The molecule has 0 saturated heterocycles. The first-order chi connectivity index (χ1) is 72.9. The van der Waals surface area contributed by atoms with Crippen molar-refractivity contribution in [1.29, 1.82) is 0 Å². The number of benzene rings is 29. The first-order valence-corrected chi connectivity index (χ1v) is 53.1. The predicted octanol–water partition coefficient (Wildman–Crippen LogP) is 42.7. The van der Waals surface area contributed by atoms with E-state index >= 15 is 0 Å². The van der Waals surface area contributed by atoms with E-state index < -0.39 is 0 Å². The Morgan fingerprint density at radius 2 is 0.333 bits per heavy atom. The minimum absolute atomic E-state index is 1.23. The van der Waals surface area contributed by atoms with Gasteiger partial charge in [0.2, 0.25) is 0 Å². The van der Waals surface area contributed by atoms with Crippen LogP contribution in [-0.2, 0) is 0 Å². The summed E-state index contributed by atoms with van der Waals surface area (Å²) in [5.41, 5.74) is 27.7. The average Bonchev–Trinajstić information content (AvgIpc) is 0.813. The lowest BCUT2D eigenvalue weighted by Crippen LogP contribution is -1.94. The summed E-state index contributed by atoms with van der Waals surface area (Å²) in [5.74, 6) is 0. The molecule has 32 rings (SSSR count). The maximum absolute atomic E-state index is 2.46. The molecule has 0 aliphatic rings. The Morgan fingerprint density at radius 3 is 0.762 bits per heavy atom. The molecule has 3 heteroatoms. The van der Waals surface area contributed by atoms with Crippen molar-refractivity contribution < 1.29 is 0 Å². The van der Waals surface area contributed by atoms with Gasteiger partial charge in [0.25, 0.3) is 0 Å². The van der Waals surface area contributed by atoms with Gasteiger partial charge in [0, 0.05) is 71.6 Å². The molecular weight excluding hydrogens is 1830 g/mol. The molecule has 0 atom stereocenters. The van der Waals surface area contributed by atoms with Crippen LogP contribution in [0.25, 0.3) is 312 Å². The van der Waals surface area contributed by atoms with E-state index in [1.165, 1.54) is 312 Å². The van der Waals surface area contributed by atoms with Gasteiger partial charge in [-0.3, -0.25) is 0 Å². The van der Waals surface area contributed by atoms with Crippen molar-refractivity contribution in [3.63, 3.8) is 0 Å². The molecule has 0 saturated carbocycles. The van der Waals surface area contributed by atoms with Gasteiger partial charge in [0.1, 0.15) is 0 Å². The van der Waals surface area contributed by atoms with Crippen LogP contribution in [0.1, 0.15) is 0 Å². The van der Waals surface area contributed by atoms with E-state index in [-0.39, 0.29) is 0 Å². The maximum Gasteiger partial charge on any atom is 0.0434 e. The molecule has 0 fully saturated rings. The topological polar surface area (TPSA) is 0 Å². The SMILES string of the molecule is c1cc(-c2ccc3ccccc3c2)cc(-c2ccc3ccc4c(-c5ccc(-c6cccc7c6sc6ccccc67)cc5)ccc5ccc2c3c54)c1.c1cc(-c2ccc3ccccc3c2)cc(-c2ccc3ccc4c(-c5cccc6c5sc5ccccc56)ccc5ccc2c3c54)c1.c1ccc(-c2cc(-c3ccc4ccccc4c3)c3ccc4c(-c5ccccc5)cc(-c5cccc6c5sc5ccccc56)c5ccc2c3c45)cc1. The number of hydrogen-bond donors (Lipinski definition) is 0. The summed E-state index contributed by atoms with van der Waals surface area (Å²) in [6.07, 6.45) is 0. The third-order valence-corrected chi connectivity index (χ3v) is 34.9. The van der Waals surface area contributed by atoms with E-state index in [1.807, 2.05) is 34.0 Å². The van der Waals surface area contributed by atoms with Crippen molar-refractivity contribution in [2.75, 3.05) is 0 Å². The second-order valence-electron chi connectivity index (χ2n) is 39.3. The highest BCUT2D eigenvalue weighted by Crippen LogP contribution is 2.55. The van der Waals surface area contributed by atoms with Crippen LogP contribution in [0.15, 0.2) is 522 Å². The Morgan fingerprint density at radius 1 is 0.0952 bits per heavy atom. The highest BCUT2D eigenvalue weighted by Gasteiger charge is 2.26. The molecule has 3 heterocycles. The molecule has 0 N–H and O–H groups in total. The number of rotatable bonds is 11. The van der Waals surface area contributed by atoms with Crippen molar-refractivity contribution in [3.8, 4) is 122 Å². The van der Waals surface area contributed by atoms with E-state index in [0.717, 1.165) is 0 Å². The molecule has 680 valence electrons. The molecule has 3 aromatic heterocycles. The molecule has 0 aliphatic carbocycles. The van der Waals surface area contributed by atoms with E-state index in [4.69, 9.17) is 0 Å². The van der Waals surface area contributed by atoms with Crippen molar-refractivity contribution in [2.45, 2.75) is 0 Å². The summed E-state index contributed by atoms with van der Waals surface area (Å²) in [6.45, 7) is 0. The number of fused-ring (bicyclic) bond motifs is 12. The summed E-state index contributed by atoms with van der Waals surface area (Å²) >= 11 is 5.70. The van der Waals surface area contributed by atoms with Crippen molar-refractivity contribution in [1.82, 2.24) is 0 Å². The Hall–Kier alpha value is -18.1. The smallest absolute Gasteiger partial charge is 0.0434 e. The molecule has 0 aliphatic heterocycles. The summed E-state index contributed by atoms with van der Waals surface area (Å²) in [7, 11) is 0. The van der Waals surface area contributed by atoms with Crippen LogP contribution >= 0.6 is 34.0 Å². The van der Waals surface area contributed by atoms with Gasteiger partial charge in [-0.25, -0.2) is 0 Å². The summed E-state index contributed by atoms with van der Waals surface area (Å²) in [4.78, 5) is 0. The van der Waals surface area contributed by atoms with E-state index in [9.17, 15) is 0 Å². The molecule has 32 aromatic rings. The van der Waals surface area contributed by atoms with E-state index in [2.05, 4.69) is 522 Å². The van der Waals surface area contributed by atoms with Crippen LogP contribution in [0.3, 0.4) is 0 Å². The minimum atomic E-state index is 1.23. The van der Waals surface area contributed by atoms with Gasteiger partial charge in [0.15, 0.2) is 0 Å². The molecule has 0 amide bonds. The lowest BCUT2D eigenvalue weighted by molar-refractivity contribution is 1.62. The van der Waals surface area contributed by atoms with E-state index in [0.29, 0.717) is 0 Å². The molecule has 147 heavy (non-hydrogen) atoms. The fourth-order valence-corrected chi connectivity index (χ4v) is 28.0. The van der Waals surface area contributed by atoms with Crippen molar-refractivity contribution >= 4 is 224 Å². The lowest BCUT2D eigenvalue weighted by Gasteiger charge is -2.22. The van der Waals surface area contributed by atoms with Gasteiger partial charge in [-0.05, 0) is 301 Å². The first-order valence-electron chi connectivity index (χ1n) is 50.7. The molecule has 29 aromatic carbocycles. The molecule has 0 bridgehead atoms. The van der Waals surface area contributed by atoms with Crippen LogP contribution in [0.4, 0.5) is 0 Å². The summed E-state index contributed by atoms with van der Waals surface area (Å²) < 4.78 is 8.06. The molecule has 0 unspecified atom stereocenters. The fraction of sp³-hybridized carbons (Fsp3) is 0. The molecular formula is C144H86S3. The Labute approximate surface area is 860 Å². The normalized spacial score (nSPS) is 11.9. The highest BCUT2D eigenvalue weighted by atomic mass is 32.1. The monoisotopic (exact) mass is 1910 g/mol. The minimum Gasteiger partial charge on any atom is -0.135 e. The van der Waals surface area contributed by atoms with Gasteiger partial charge < -0.3 is 0 Å². The highest BCUT2D eigenvalue weighted by molar-refractivity contribution is 7.27. The van der Waals surface area contributed by atoms with Gasteiger partial charge in [-0.1, -0.05) is 461 Å². The van der Waals surface area contributed by atoms with Gasteiger partial charge in [-0.2, -0.15) is 0 Å². The van der Waals surface area contributed by atoms with E-state index in [1.54, 1.807) is 0 Å². The summed E-state index contributed by atoms with van der Waals surface area (Å²) in [6, 6.07) is 194. The van der Waals surface area contributed by atoms with Crippen LogP contribution in [0.5, 0.6) is 0 Å². The first kappa shape index (κ1) is 84.6. The number of thiophene rings is 3. The zero-order valence-electron chi connectivity index (χ0n) is 79.9. The second kappa shape index (κ2) is 34.4. The van der Waals surface area contributed by atoms with Crippen LogP contribution in [0.2, 0.25) is 0 Å². The third-order valence-electron chi connectivity index (χ3n) is 31.3. The quantitative estimate of drug-likeness (QED) is 0.113. The zero-order valence-corrected chi connectivity index (χ0v) is 82.3. The number of hydrogen-bond acceptors (Lipinski definition) is 3. The van der Waals surface area contributed by atoms with Crippen molar-refractivity contribution in [3.05, 3.63) is 522 Å². The predicted molar refractivity (Wildman–Crippen MR) is 641 cm³/mol. The third kappa shape index (κ3) is 14.0. The van der Waals surface area contributed by atoms with Gasteiger partial charge in [-0.15, -0.1) is 34.0 Å². The second-order valence-corrected chi connectivity index (χ2v) is 42.5. The van der Waals surface area contributed by atoms with Gasteiger partial charge in [0.05, 0.1) is 0 Å². The molecule has 0 nitrogen and oxygen atoms in total. The maximum atomic E-state index is 2.46. The van der Waals surface area contributed by atoms with Crippen molar-refractivity contribution in [2.24, 2.45) is 0 Å². The fourth-order valence-electron chi connectivity index (χ4n) is 24.3. The Bertz CT molecular complexity index is 11000. The standard InChI is InChI=1S/2C50H30S.C44H26S/c1-3-13-32(14-4-1)43-29-45(35-23-22-31-12-7-8-17-34(31)28-35)39-25-24-38-44(33-15-5-2-6-16-33)30-46(40-27-26-37(43)48(39)49(38)40)42-20-11-19-41-36-18-9-10-21-47(36)51-50(41)42;1-2-8-36-29-38(20-15-31(36)7-1)37-9-5-10-39(30-37)41-26-22-35-23-27-44-40(25-21-34-24-28-45(41)49(35)48(34)44)32-16-18-33(19-17-32)42-12-6-13-46-43-11-3-4-14-47(43)51-50(42)46;1-2-8-30-25-32(16-15-27(30)7-1)31-9-5-10-33(26-31)34-21-17-28-20-24-38-35(22-18-29-19-23-37(34)42(28)43(29)38)39-12-6-13-40-36-11-3-4-14-41(36)45-44(39)40/h2*1-30H;1-26H. The lowest BCUT2D eigenvalue weighted by atomic mass is 9.81. The summed E-state index contributed by atoms with van der Waals surface area (Å²) in [5, 5.41) is 39.2. The zero-order chi connectivity index (χ0) is 96.4. The Balaban J connectivity index is 0.000000102. The molecule has 0 radical (unpaired) electrons. The Kier molecular flexibility index (Phi) is 19.8. The largest absolute Gasteiger partial charge is 0.135 e. The van der Waals surface area contributed by atoms with Crippen LogP contribution < -0.4 is 0 Å². The van der Waals surface area contributed by atoms with Gasteiger partial charge >= 0.3 is 0 Å². The molecule has 0 spiro atoms. The average molecular weight is 1910 g/mol.